The highest BCUT2D eigenvalue weighted by molar-refractivity contribution is 9.10. The van der Waals surface area contributed by atoms with Crippen molar-refractivity contribution in [2.75, 3.05) is 0 Å². The fraction of sp³-hybridized carbons (Fsp3) is 0. The standard InChI is InChI=1S/C16H8BrClN2O/c17-12-5-2-4-10(15(12)18)16(21)11-8-20-13-6-1-3-9(7-19)14(11)13/h1-6,8,20H. The van der Waals surface area contributed by atoms with Crippen LogP contribution in [0.15, 0.2) is 47.1 Å². The van der Waals surface area contributed by atoms with Crippen LogP contribution in [0.2, 0.25) is 5.02 Å². The van der Waals surface area contributed by atoms with Crippen molar-refractivity contribution in [2.45, 2.75) is 0 Å². The van der Waals surface area contributed by atoms with E-state index in [1.165, 1.54) is 0 Å². The van der Waals surface area contributed by atoms with Crippen molar-refractivity contribution in [1.82, 2.24) is 4.98 Å². The molecule has 0 saturated carbocycles. The Labute approximate surface area is 134 Å². The molecular formula is C16H8BrClN2O. The number of nitrogens with zero attached hydrogens (tertiary/aromatic N) is 1. The van der Waals surface area contributed by atoms with E-state index in [2.05, 4.69) is 27.0 Å². The van der Waals surface area contributed by atoms with E-state index in [4.69, 9.17) is 11.6 Å². The summed E-state index contributed by atoms with van der Waals surface area (Å²) < 4.78 is 0.662. The monoisotopic (exact) mass is 358 g/mol. The second-order valence-corrected chi connectivity index (χ2v) is 5.71. The van der Waals surface area contributed by atoms with Gasteiger partial charge in [-0.05, 0) is 40.2 Å². The minimum Gasteiger partial charge on any atom is -0.360 e. The van der Waals surface area contributed by atoms with E-state index in [1.807, 2.05) is 6.07 Å². The number of carbonyl (C=O) groups excluding carboxylic acids is 1. The Morgan fingerprint density at radius 3 is 2.71 bits per heavy atom. The van der Waals surface area contributed by atoms with Crippen LogP contribution in [0.5, 0.6) is 0 Å². The third-order valence-electron chi connectivity index (χ3n) is 3.27. The average Bonchev–Trinajstić information content (AvgIpc) is 2.93. The van der Waals surface area contributed by atoms with Gasteiger partial charge in [-0.2, -0.15) is 5.26 Å². The molecule has 21 heavy (non-hydrogen) atoms. The van der Waals surface area contributed by atoms with Crippen molar-refractivity contribution in [3.8, 4) is 6.07 Å². The molecule has 3 rings (SSSR count). The molecule has 3 nitrogen and oxygen atoms in total. The summed E-state index contributed by atoms with van der Waals surface area (Å²) in [5, 5.41) is 10.2. The molecule has 3 aromatic rings. The highest BCUT2D eigenvalue weighted by Crippen LogP contribution is 2.30. The Morgan fingerprint density at radius 2 is 1.95 bits per heavy atom. The average molecular weight is 360 g/mol. The Balaban J connectivity index is 2.24. The van der Waals surface area contributed by atoms with Crippen LogP contribution in [0.4, 0.5) is 0 Å². The molecule has 1 heterocycles. The molecule has 0 atom stereocenters. The zero-order valence-corrected chi connectivity index (χ0v) is 13.0. The van der Waals surface area contributed by atoms with Crippen molar-refractivity contribution in [3.05, 3.63) is 68.8 Å². The molecule has 0 amide bonds. The number of ketones is 1. The van der Waals surface area contributed by atoms with Gasteiger partial charge in [-0.3, -0.25) is 4.79 Å². The summed E-state index contributed by atoms with van der Waals surface area (Å²) in [4.78, 5) is 15.7. The molecule has 0 aliphatic heterocycles. The number of benzene rings is 2. The van der Waals surface area contributed by atoms with Crippen LogP contribution in [-0.2, 0) is 0 Å². The maximum absolute atomic E-state index is 12.7. The van der Waals surface area contributed by atoms with E-state index in [-0.39, 0.29) is 5.78 Å². The van der Waals surface area contributed by atoms with Gasteiger partial charge in [0, 0.05) is 32.7 Å². The fourth-order valence-electron chi connectivity index (χ4n) is 2.28. The molecule has 0 radical (unpaired) electrons. The van der Waals surface area contributed by atoms with Gasteiger partial charge in [0.05, 0.1) is 16.7 Å². The third-order valence-corrected chi connectivity index (χ3v) is 4.56. The molecule has 0 bridgehead atoms. The number of carbonyl (C=O) groups is 1. The predicted octanol–water partition coefficient (Wildman–Crippen LogP) is 4.69. The van der Waals surface area contributed by atoms with Gasteiger partial charge in [-0.1, -0.05) is 23.7 Å². The van der Waals surface area contributed by atoms with E-state index >= 15 is 0 Å². The lowest BCUT2D eigenvalue weighted by Crippen LogP contribution is -2.02. The summed E-state index contributed by atoms with van der Waals surface area (Å²) in [5.41, 5.74) is 2.06. The van der Waals surface area contributed by atoms with Crippen molar-refractivity contribution >= 4 is 44.2 Å². The van der Waals surface area contributed by atoms with Gasteiger partial charge in [-0.15, -0.1) is 0 Å². The lowest BCUT2D eigenvalue weighted by atomic mass is 10.00. The SMILES string of the molecule is N#Cc1cccc2[nH]cc(C(=O)c3cccc(Br)c3Cl)c12. The number of nitriles is 1. The maximum atomic E-state index is 12.7. The zero-order valence-electron chi connectivity index (χ0n) is 10.7. The van der Waals surface area contributed by atoms with Gasteiger partial charge in [0.15, 0.2) is 5.78 Å². The zero-order chi connectivity index (χ0) is 15.0. The summed E-state index contributed by atoms with van der Waals surface area (Å²) in [6.45, 7) is 0. The summed E-state index contributed by atoms with van der Waals surface area (Å²) in [6.07, 6.45) is 1.62. The number of aromatic amines is 1. The molecule has 2 aromatic carbocycles. The molecule has 0 aliphatic rings. The van der Waals surface area contributed by atoms with Crippen molar-refractivity contribution in [3.63, 3.8) is 0 Å². The molecule has 1 N–H and O–H groups in total. The molecule has 102 valence electrons. The Morgan fingerprint density at radius 1 is 1.19 bits per heavy atom. The van der Waals surface area contributed by atoms with E-state index < -0.39 is 0 Å². The van der Waals surface area contributed by atoms with E-state index in [9.17, 15) is 10.1 Å². The number of hydrogen-bond donors (Lipinski definition) is 1. The summed E-state index contributed by atoms with van der Waals surface area (Å²) in [5.74, 6) is -0.213. The molecule has 0 saturated heterocycles. The molecule has 0 unspecified atom stereocenters. The first kappa shape index (κ1) is 13.9. The second kappa shape index (κ2) is 5.36. The molecule has 1 aromatic heterocycles. The smallest absolute Gasteiger partial charge is 0.196 e. The number of rotatable bonds is 2. The first-order valence-corrected chi connectivity index (χ1v) is 7.29. The first-order valence-electron chi connectivity index (χ1n) is 6.12. The van der Waals surface area contributed by atoms with Gasteiger partial charge < -0.3 is 4.98 Å². The minimum absolute atomic E-state index is 0.213. The highest BCUT2D eigenvalue weighted by Gasteiger charge is 2.19. The van der Waals surface area contributed by atoms with Gasteiger partial charge >= 0.3 is 0 Å². The second-order valence-electron chi connectivity index (χ2n) is 4.47. The molecule has 0 spiro atoms. The predicted molar refractivity (Wildman–Crippen MR) is 85.6 cm³/mol. The quantitative estimate of drug-likeness (QED) is 0.675. The van der Waals surface area contributed by atoms with Crippen LogP contribution in [0.1, 0.15) is 21.5 Å². The summed E-state index contributed by atoms with van der Waals surface area (Å²) in [7, 11) is 0. The van der Waals surface area contributed by atoms with Gasteiger partial charge in [0.1, 0.15) is 0 Å². The molecule has 5 heteroatoms. The Kier molecular flexibility index (Phi) is 3.54. The Bertz CT molecular complexity index is 908. The topological polar surface area (TPSA) is 56.6 Å². The van der Waals surface area contributed by atoms with Crippen LogP contribution in [0, 0.1) is 11.3 Å². The van der Waals surface area contributed by atoms with E-state index in [0.717, 1.165) is 5.52 Å². The number of halogens is 2. The number of hydrogen-bond acceptors (Lipinski definition) is 2. The van der Waals surface area contributed by atoms with Gasteiger partial charge in [0.25, 0.3) is 0 Å². The third kappa shape index (κ3) is 2.25. The van der Waals surface area contributed by atoms with Crippen LogP contribution in [0.3, 0.4) is 0 Å². The van der Waals surface area contributed by atoms with Crippen molar-refractivity contribution in [2.24, 2.45) is 0 Å². The summed E-state index contributed by atoms with van der Waals surface area (Å²) in [6, 6.07) is 12.6. The normalized spacial score (nSPS) is 10.5. The lowest BCUT2D eigenvalue weighted by molar-refractivity contribution is 0.104. The number of nitrogens with one attached hydrogen (secondary N) is 1. The number of H-pyrrole nitrogens is 1. The lowest BCUT2D eigenvalue weighted by Gasteiger charge is -2.05. The van der Waals surface area contributed by atoms with Crippen LogP contribution in [-0.4, -0.2) is 10.8 Å². The van der Waals surface area contributed by atoms with Crippen LogP contribution in [0.25, 0.3) is 10.9 Å². The van der Waals surface area contributed by atoms with E-state index in [1.54, 1.807) is 36.5 Å². The first-order chi connectivity index (χ1) is 10.1. The van der Waals surface area contributed by atoms with Crippen molar-refractivity contribution in [1.29, 1.82) is 5.26 Å². The largest absolute Gasteiger partial charge is 0.360 e. The van der Waals surface area contributed by atoms with Gasteiger partial charge in [-0.25, -0.2) is 0 Å². The molecular weight excluding hydrogens is 352 g/mol. The maximum Gasteiger partial charge on any atom is 0.196 e. The van der Waals surface area contributed by atoms with Crippen molar-refractivity contribution < 1.29 is 4.79 Å². The summed E-state index contributed by atoms with van der Waals surface area (Å²) >= 11 is 9.50. The van der Waals surface area contributed by atoms with Gasteiger partial charge in [0.2, 0.25) is 0 Å². The minimum atomic E-state index is -0.213. The molecule has 0 fully saturated rings. The fourth-order valence-corrected chi connectivity index (χ4v) is 2.86. The van der Waals surface area contributed by atoms with Crippen LogP contribution >= 0.6 is 27.5 Å². The Hall–Kier alpha value is -2.09. The molecule has 0 aliphatic carbocycles. The van der Waals surface area contributed by atoms with Crippen LogP contribution < -0.4 is 0 Å². The number of aromatic nitrogens is 1. The van der Waals surface area contributed by atoms with E-state index in [0.29, 0.717) is 31.6 Å². The highest BCUT2D eigenvalue weighted by atomic mass is 79.9. The number of fused-ring (bicyclic) bond motifs is 1.